The van der Waals surface area contributed by atoms with Crippen molar-refractivity contribution in [2.45, 2.75) is 38.5 Å². The molecule has 0 saturated heterocycles. The van der Waals surface area contributed by atoms with E-state index in [-0.39, 0.29) is 5.91 Å². The lowest BCUT2D eigenvalue weighted by atomic mass is 10.0. The van der Waals surface area contributed by atoms with E-state index in [2.05, 4.69) is 5.32 Å². The molecule has 1 N–H and O–H groups in total. The minimum Gasteiger partial charge on any atom is -0.455 e. The molecule has 1 heterocycles. The molecular formula is C24H27N3O4. The fourth-order valence-electron chi connectivity index (χ4n) is 4.25. The highest BCUT2D eigenvalue weighted by atomic mass is 16.5. The number of aromatic nitrogens is 2. The van der Waals surface area contributed by atoms with Crippen LogP contribution in [0.25, 0.3) is 11.0 Å². The van der Waals surface area contributed by atoms with Gasteiger partial charge in [-0.15, -0.1) is 0 Å². The predicted molar refractivity (Wildman–Crippen MR) is 121 cm³/mol. The van der Waals surface area contributed by atoms with Crippen LogP contribution in [0.3, 0.4) is 0 Å². The van der Waals surface area contributed by atoms with E-state index in [1.165, 1.54) is 34.8 Å². The number of ether oxygens (including phenoxy) is 1. The second-order valence-corrected chi connectivity index (χ2v) is 8.22. The minimum absolute atomic E-state index is 0.0843. The third-order valence-corrected chi connectivity index (χ3v) is 6.09. The SMILES string of the molecule is Cn1c(=O)c(=O)n(C)c2cc(Oc3ccccc3)c(NC(=O)CCC3CCCC3)cc21. The van der Waals surface area contributed by atoms with Crippen LogP contribution < -0.4 is 21.2 Å². The van der Waals surface area contributed by atoms with Gasteiger partial charge in [0.15, 0.2) is 5.75 Å². The van der Waals surface area contributed by atoms with Crippen molar-refractivity contribution in [1.82, 2.24) is 9.13 Å². The van der Waals surface area contributed by atoms with Crippen LogP contribution in [0.2, 0.25) is 0 Å². The molecule has 1 saturated carbocycles. The zero-order valence-electron chi connectivity index (χ0n) is 17.9. The maximum atomic E-state index is 12.7. The Morgan fingerprint density at radius 2 is 1.61 bits per heavy atom. The highest BCUT2D eigenvalue weighted by Gasteiger charge is 2.19. The monoisotopic (exact) mass is 421 g/mol. The van der Waals surface area contributed by atoms with Crippen molar-refractivity contribution in [2.75, 3.05) is 5.32 Å². The molecule has 162 valence electrons. The van der Waals surface area contributed by atoms with Gasteiger partial charge in [0.2, 0.25) is 5.91 Å². The summed E-state index contributed by atoms with van der Waals surface area (Å²) in [6.07, 6.45) is 6.21. The van der Waals surface area contributed by atoms with Crippen molar-refractivity contribution in [1.29, 1.82) is 0 Å². The fourth-order valence-corrected chi connectivity index (χ4v) is 4.25. The average molecular weight is 421 g/mol. The second-order valence-electron chi connectivity index (χ2n) is 8.22. The Labute approximate surface area is 180 Å². The van der Waals surface area contributed by atoms with Crippen LogP contribution in [-0.2, 0) is 18.9 Å². The van der Waals surface area contributed by atoms with Crippen molar-refractivity contribution in [2.24, 2.45) is 20.0 Å². The number of anilines is 1. The molecule has 0 unspecified atom stereocenters. The smallest absolute Gasteiger partial charge is 0.316 e. The normalized spacial score (nSPS) is 14.1. The van der Waals surface area contributed by atoms with Gasteiger partial charge in [-0.2, -0.15) is 0 Å². The molecule has 7 nitrogen and oxygen atoms in total. The van der Waals surface area contributed by atoms with Gasteiger partial charge < -0.3 is 19.2 Å². The van der Waals surface area contributed by atoms with Gasteiger partial charge >= 0.3 is 11.1 Å². The molecule has 1 aliphatic rings. The standard InChI is InChI=1S/C24H27N3O4/c1-26-19-14-18(25-22(28)13-12-16-8-6-7-9-16)21(31-17-10-4-3-5-11-17)15-20(19)27(2)24(30)23(26)29/h3-5,10-11,14-16H,6-9,12-13H2,1-2H3,(H,25,28). The number of nitrogens with one attached hydrogen (secondary N) is 1. The Balaban J connectivity index is 1.71. The Kier molecular flexibility index (Phi) is 5.93. The summed E-state index contributed by atoms with van der Waals surface area (Å²) in [5.74, 6) is 1.57. The van der Waals surface area contributed by atoms with Gasteiger partial charge in [-0.05, 0) is 30.5 Å². The Morgan fingerprint density at radius 3 is 2.26 bits per heavy atom. The van der Waals surface area contributed by atoms with E-state index in [4.69, 9.17) is 4.74 Å². The van der Waals surface area contributed by atoms with E-state index in [0.717, 1.165) is 6.42 Å². The topological polar surface area (TPSA) is 82.3 Å². The number of hydrogen-bond acceptors (Lipinski definition) is 4. The molecule has 0 bridgehead atoms. The van der Waals surface area contributed by atoms with E-state index in [0.29, 0.717) is 40.6 Å². The summed E-state index contributed by atoms with van der Waals surface area (Å²) >= 11 is 0. The van der Waals surface area contributed by atoms with E-state index in [1.54, 1.807) is 26.2 Å². The first kappa shape index (κ1) is 20.9. The predicted octanol–water partition coefficient (Wildman–Crippen LogP) is 3.94. The summed E-state index contributed by atoms with van der Waals surface area (Å²) < 4.78 is 8.65. The van der Waals surface area contributed by atoms with Gasteiger partial charge in [0.25, 0.3) is 0 Å². The van der Waals surface area contributed by atoms with E-state index < -0.39 is 11.1 Å². The Morgan fingerprint density at radius 1 is 1.00 bits per heavy atom. The average Bonchev–Trinajstić information content (AvgIpc) is 3.30. The molecule has 7 heteroatoms. The number of fused-ring (bicyclic) bond motifs is 1. The first-order valence-corrected chi connectivity index (χ1v) is 10.7. The summed E-state index contributed by atoms with van der Waals surface area (Å²) in [6.45, 7) is 0. The van der Waals surface area contributed by atoms with Gasteiger partial charge in [0.1, 0.15) is 5.75 Å². The van der Waals surface area contributed by atoms with E-state index in [1.807, 2.05) is 30.3 Å². The maximum Gasteiger partial charge on any atom is 0.316 e. The maximum absolute atomic E-state index is 12.7. The summed E-state index contributed by atoms with van der Waals surface area (Å²) in [5, 5.41) is 2.96. The third kappa shape index (κ3) is 4.40. The van der Waals surface area contributed by atoms with E-state index >= 15 is 0 Å². The second kappa shape index (κ2) is 8.79. The molecule has 4 rings (SSSR count). The largest absolute Gasteiger partial charge is 0.455 e. The van der Waals surface area contributed by atoms with E-state index in [9.17, 15) is 14.4 Å². The molecule has 0 spiro atoms. The summed E-state index contributed by atoms with van der Waals surface area (Å²) in [5.41, 5.74) is 0.321. The van der Waals surface area contributed by atoms with Crippen LogP contribution in [0.15, 0.2) is 52.1 Å². The lowest BCUT2D eigenvalue weighted by molar-refractivity contribution is -0.116. The lowest BCUT2D eigenvalue weighted by Gasteiger charge is -2.17. The van der Waals surface area contributed by atoms with Crippen LogP contribution >= 0.6 is 0 Å². The zero-order chi connectivity index (χ0) is 22.0. The van der Waals surface area contributed by atoms with Crippen molar-refractivity contribution in [3.63, 3.8) is 0 Å². The van der Waals surface area contributed by atoms with Crippen molar-refractivity contribution < 1.29 is 9.53 Å². The van der Waals surface area contributed by atoms with Crippen molar-refractivity contribution >= 4 is 22.6 Å². The molecular weight excluding hydrogens is 394 g/mol. The third-order valence-electron chi connectivity index (χ3n) is 6.09. The number of carbonyl (C=O) groups excluding carboxylic acids is 1. The number of para-hydroxylation sites is 1. The molecule has 0 atom stereocenters. The van der Waals surface area contributed by atoms with Crippen molar-refractivity contribution in [3.05, 3.63) is 63.2 Å². The number of aryl methyl sites for hydroxylation is 2. The number of carbonyl (C=O) groups is 1. The van der Waals surface area contributed by atoms with Crippen LogP contribution in [-0.4, -0.2) is 15.0 Å². The first-order valence-electron chi connectivity index (χ1n) is 10.7. The van der Waals surface area contributed by atoms with Gasteiger partial charge in [0.05, 0.1) is 16.7 Å². The highest BCUT2D eigenvalue weighted by Crippen LogP contribution is 2.34. The summed E-state index contributed by atoms with van der Waals surface area (Å²) in [4.78, 5) is 37.2. The molecule has 0 radical (unpaired) electrons. The van der Waals surface area contributed by atoms with Crippen LogP contribution in [0.1, 0.15) is 38.5 Å². The van der Waals surface area contributed by atoms with Crippen LogP contribution in [0, 0.1) is 5.92 Å². The number of benzene rings is 2. The molecule has 1 fully saturated rings. The van der Waals surface area contributed by atoms with Gasteiger partial charge in [-0.3, -0.25) is 14.4 Å². The molecule has 1 aliphatic carbocycles. The van der Waals surface area contributed by atoms with Gasteiger partial charge in [-0.25, -0.2) is 0 Å². The Bertz CT molecular complexity index is 1220. The highest BCUT2D eigenvalue weighted by molar-refractivity contribution is 5.95. The zero-order valence-corrected chi connectivity index (χ0v) is 17.9. The number of hydrogen-bond donors (Lipinski definition) is 1. The molecule has 1 aromatic heterocycles. The van der Waals surface area contributed by atoms with Crippen molar-refractivity contribution in [3.8, 4) is 11.5 Å². The summed E-state index contributed by atoms with van der Waals surface area (Å²) in [6, 6.07) is 12.6. The lowest BCUT2D eigenvalue weighted by Crippen LogP contribution is -2.39. The molecule has 31 heavy (non-hydrogen) atoms. The molecule has 2 aromatic carbocycles. The number of amides is 1. The number of nitrogens with zero attached hydrogens (tertiary/aromatic N) is 2. The minimum atomic E-state index is -0.620. The van der Waals surface area contributed by atoms with Crippen LogP contribution in [0.5, 0.6) is 11.5 Å². The molecule has 3 aromatic rings. The molecule has 1 amide bonds. The summed E-state index contributed by atoms with van der Waals surface area (Å²) in [7, 11) is 3.10. The molecule has 0 aliphatic heterocycles. The fraction of sp³-hybridized carbons (Fsp3) is 0.375. The number of rotatable bonds is 6. The van der Waals surface area contributed by atoms with Crippen LogP contribution in [0.4, 0.5) is 5.69 Å². The van der Waals surface area contributed by atoms with Gasteiger partial charge in [0, 0.05) is 26.6 Å². The van der Waals surface area contributed by atoms with Gasteiger partial charge in [-0.1, -0.05) is 43.9 Å². The Hall–Kier alpha value is -3.35. The first-order chi connectivity index (χ1) is 14.9. The quantitative estimate of drug-likeness (QED) is 0.611.